The second-order valence-corrected chi connectivity index (χ2v) is 6.44. The molecule has 3 rings (SSSR count). The van der Waals surface area contributed by atoms with Crippen LogP contribution in [-0.4, -0.2) is 51.0 Å². The van der Waals surface area contributed by atoms with E-state index in [-0.39, 0.29) is 11.6 Å². The van der Waals surface area contributed by atoms with Crippen LogP contribution in [0.5, 0.6) is 0 Å². The van der Waals surface area contributed by atoms with E-state index in [2.05, 4.69) is 9.97 Å². The van der Waals surface area contributed by atoms with Crippen LogP contribution in [0.15, 0.2) is 36.4 Å². The van der Waals surface area contributed by atoms with Gasteiger partial charge in [-0.05, 0) is 30.7 Å². The Morgan fingerprint density at radius 3 is 2.77 bits per heavy atom. The van der Waals surface area contributed by atoms with Crippen LogP contribution < -0.4 is 5.73 Å². The maximum atomic E-state index is 12.0. The topological polar surface area (TPSA) is 109 Å². The lowest BCUT2D eigenvalue weighted by molar-refractivity contribution is -0.138. The molecule has 1 aromatic heterocycles. The van der Waals surface area contributed by atoms with E-state index in [1.54, 1.807) is 20.0 Å². The third-order valence-electron chi connectivity index (χ3n) is 4.35. The molecule has 0 bridgehead atoms. The number of nitrogens with zero attached hydrogens (tertiary/aromatic N) is 3. The molecule has 2 heterocycles. The summed E-state index contributed by atoms with van der Waals surface area (Å²) in [4.78, 5) is 33.5. The summed E-state index contributed by atoms with van der Waals surface area (Å²) >= 11 is 0. The van der Waals surface area contributed by atoms with Crippen LogP contribution in [0.1, 0.15) is 28.2 Å². The zero-order valence-electron chi connectivity index (χ0n) is 14.6. The highest BCUT2D eigenvalue weighted by Gasteiger charge is 2.41. The zero-order chi connectivity index (χ0) is 18.9. The summed E-state index contributed by atoms with van der Waals surface area (Å²) in [6, 6.07) is 8.84. The molecule has 1 aromatic carbocycles. The van der Waals surface area contributed by atoms with E-state index in [1.165, 1.54) is 17.0 Å². The molecule has 1 aliphatic heterocycles. The number of rotatable bonds is 4. The van der Waals surface area contributed by atoms with Crippen molar-refractivity contribution >= 4 is 17.9 Å². The molecule has 7 nitrogen and oxygen atoms in total. The number of likely N-dealkylation sites (tertiary alicyclic amines) is 1. The smallest absolute Gasteiger partial charge is 0.267 e. The second kappa shape index (κ2) is 6.68. The van der Waals surface area contributed by atoms with E-state index in [0.29, 0.717) is 30.0 Å². The molecule has 0 spiro atoms. The van der Waals surface area contributed by atoms with Gasteiger partial charge in [-0.15, -0.1) is 0 Å². The minimum atomic E-state index is -1.47. The molecular formula is C19H20N4O3. The molecule has 1 atom stereocenters. The molecule has 0 aliphatic carbocycles. The van der Waals surface area contributed by atoms with Crippen LogP contribution in [0.2, 0.25) is 0 Å². The number of nitrogens with two attached hydrogens (primary N) is 1. The third-order valence-corrected chi connectivity index (χ3v) is 4.35. The van der Waals surface area contributed by atoms with Crippen molar-refractivity contribution in [3.05, 3.63) is 53.4 Å². The van der Waals surface area contributed by atoms with Crippen molar-refractivity contribution in [2.24, 2.45) is 5.73 Å². The lowest BCUT2D eigenvalue weighted by atomic mass is 10.00. The first-order valence-corrected chi connectivity index (χ1v) is 8.21. The van der Waals surface area contributed by atoms with Crippen molar-refractivity contribution in [3.63, 3.8) is 0 Å². The highest BCUT2D eigenvalue weighted by molar-refractivity contribution is 5.91. The molecule has 134 valence electrons. The van der Waals surface area contributed by atoms with E-state index in [9.17, 15) is 14.7 Å². The van der Waals surface area contributed by atoms with Gasteiger partial charge in [-0.25, -0.2) is 9.97 Å². The normalized spacial score (nSPS) is 20.1. The number of benzene rings is 1. The number of likely N-dealkylation sites (N-methyl/N-ethyl adjacent to an activating group) is 1. The lowest BCUT2D eigenvalue weighted by Crippen LogP contribution is -2.36. The van der Waals surface area contributed by atoms with Gasteiger partial charge in [0.05, 0.1) is 0 Å². The van der Waals surface area contributed by atoms with Crippen molar-refractivity contribution in [1.82, 2.24) is 14.9 Å². The molecule has 1 unspecified atom stereocenters. The van der Waals surface area contributed by atoms with Gasteiger partial charge in [0.25, 0.3) is 11.8 Å². The maximum Gasteiger partial charge on any atom is 0.267 e. The largest absolute Gasteiger partial charge is 0.376 e. The van der Waals surface area contributed by atoms with E-state index in [4.69, 9.17) is 5.73 Å². The van der Waals surface area contributed by atoms with Gasteiger partial charge in [-0.1, -0.05) is 24.3 Å². The SMILES string of the molecule is Cc1cc(C(N)=O)nc(-c2cccc(C=CC3(O)CCN(C)C3=O)c2)n1. The highest BCUT2D eigenvalue weighted by Crippen LogP contribution is 2.25. The minimum Gasteiger partial charge on any atom is -0.376 e. The summed E-state index contributed by atoms with van der Waals surface area (Å²) in [5.74, 6) is -0.527. The van der Waals surface area contributed by atoms with E-state index >= 15 is 0 Å². The van der Waals surface area contributed by atoms with Crippen LogP contribution in [0.3, 0.4) is 0 Å². The van der Waals surface area contributed by atoms with Crippen LogP contribution in [0, 0.1) is 6.92 Å². The third kappa shape index (κ3) is 3.48. The van der Waals surface area contributed by atoms with Crippen LogP contribution in [0.25, 0.3) is 17.5 Å². The molecular weight excluding hydrogens is 332 g/mol. The van der Waals surface area contributed by atoms with Gasteiger partial charge in [0, 0.05) is 31.3 Å². The van der Waals surface area contributed by atoms with Crippen LogP contribution >= 0.6 is 0 Å². The van der Waals surface area contributed by atoms with Crippen molar-refractivity contribution in [1.29, 1.82) is 0 Å². The minimum absolute atomic E-state index is 0.155. The Bertz CT molecular complexity index is 909. The summed E-state index contributed by atoms with van der Waals surface area (Å²) in [6.45, 7) is 2.28. The van der Waals surface area contributed by atoms with Crippen molar-refractivity contribution < 1.29 is 14.7 Å². The molecule has 1 aliphatic rings. The number of aliphatic hydroxyl groups is 1. The second-order valence-electron chi connectivity index (χ2n) is 6.44. The van der Waals surface area contributed by atoms with Gasteiger partial charge in [0.15, 0.2) is 11.4 Å². The fourth-order valence-corrected chi connectivity index (χ4v) is 2.87. The van der Waals surface area contributed by atoms with Crippen molar-refractivity contribution in [3.8, 4) is 11.4 Å². The first-order valence-electron chi connectivity index (χ1n) is 8.21. The molecule has 1 fully saturated rings. The van der Waals surface area contributed by atoms with Gasteiger partial charge in [0.1, 0.15) is 5.69 Å². The van der Waals surface area contributed by atoms with Gasteiger partial charge >= 0.3 is 0 Å². The monoisotopic (exact) mass is 352 g/mol. The summed E-state index contributed by atoms with van der Waals surface area (Å²) in [6.07, 6.45) is 3.58. The number of carbonyl (C=O) groups excluding carboxylic acids is 2. The molecule has 2 aromatic rings. The Kier molecular flexibility index (Phi) is 4.56. The Morgan fingerprint density at radius 1 is 1.35 bits per heavy atom. The number of aromatic nitrogens is 2. The number of aryl methyl sites for hydroxylation is 1. The predicted molar refractivity (Wildman–Crippen MR) is 97.0 cm³/mol. The summed E-state index contributed by atoms with van der Waals surface area (Å²) in [7, 11) is 1.67. The quantitative estimate of drug-likeness (QED) is 0.858. The zero-order valence-corrected chi connectivity index (χ0v) is 14.6. The molecule has 26 heavy (non-hydrogen) atoms. The van der Waals surface area contributed by atoms with Crippen molar-refractivity contribution in [2.75, 3.05) is 13.6 Å². The van der Waals surface area contributed by atoms with E-state index in [0.717, 1.165) is 5.56 Å². The fraction of sp³-hybridized carbons (Fsp3) is 0.263. The molecule has 0 radical (unpaired) electrons. The Hall–Kier alpha value is -3.06. The van der Waals surface area contributed by atoms with E-state index < -0.39 is 11.5 Å². The molecule has 1 saturated heterocycles. The Morgan fingerprint density at radius 2 is 2.12 bits per heavy atom. The number of carbonyl (C=O) groups is 2. The molecule has 2 amide bonds. The average molecular weight is 352 g/mol. The molecule has 3 N–H and O–H groups in total. The fourth-order valence-electron chi connectivity index (χ4n) is 2.87. The lowest BCUT2D eigenvalue weighted by Gasteiger charge is -2.16. The van der Waals surface area contributed by atoms with Gasteiger partial charge in [0.2, 0.25) is 0 Å². The maximum absolute atomic E-state index is 12.0. The number of primary amides is 1. The summed E-state index contributed by atoms with van der Waals surface area (Å²) in [5, 5.41) is 10.5. The van der Waals surface area contributed by atoms with Crippen molar-refractivity contribution in [2.45, 2.75) is 18.9 Å². The predicted octanol–water partition coefficient (Wildman–Crippen LogP) is 1.16. The summed E-state index contributed by atoms with van der Waals surface area (Å²) < 4.78 is 0. The van der Waals surface area contributed by atoms with Gasteiger partial charge < -0.3 is 15.7 Å². The molecule has 7 heteroatoms. The average Bonchev–Trinajstić information content (AvgIpc) is 2.88. The number of amides is 2. The highest BCUT2D eigenvalue weighted by atomic mass is 16.3. The first kappa shape index (κ1) is 17.8. The standard InChI is InChI=1S/C19H20N4O3/c1-12-10-15(16(20)24)22-17(21-12)14-5-3-4-13(11-14)6-7-19(26)8-9-23(2)18(19)25/h3-7,10-11,26H,8-9H2,1-2H3,(H2,20,24). The van der Waals surface area contributed by atoms with Gasteiger partial charge in [-0.3, -0.25) is 9.59 Å². The first-order chi connectivity index (χ1) is 12.3. The van der Waals surface area contributed by atoms with Crippen LogP contribution in [0.4, 0.5) is 0 Å². The molecule has 0 saturated carbocycles. The Balaban J connectivity index is 1.91. The van der Waals surface area contributed by atoms with Crippen LogP contribution in [-0.2, 0) is 4.79 Å². The van der Waals surface area contributed by atoms with E-state index in [1.807, 2.05) is 24.3 Å². The number of hydrogen-bond acceptors (Lipinski definition) is 5. The van der Waals surface area contributed by atoms with Gasteiger partial charge in [-0.2, -0.15) is 0 Å². The summed E-state index contributed by atoms with van der Waals surface area (Å²) in [5.41, 5.74) is 6.13. The number of hydrogen-bond donors (Lipinski definition) is 2. The Labute approximate surface area is 151 Å².